The maximum Gasteiger partial charge on any atom is 0.349 e. The molecule has 0 bridgehead atoms. The number of halogens is 1. The molecule has 0 saturated carbocycles. The van der Waals surface area contributed by atoms with Crippen LogP contribution in [-0.2, 0) is 0 Å². The zero-order valence-electron chi connectivity index (χ0n) is 11.7. The van der Waals surface area contributed by atoms with Crippen molar-refractivity contribution in [2.75, 3.05) is 0 Å². The fraction of sp³-hybridized carbons (Fsp3) is 0. The molecule has 0 spiro atoms. The Morgan fingerprint density at radius 2 is 1.78 bits per heavy atom. The van der Waals surface area contributed by atoms with E-state index in [9.17, 15) is 9.18 Å². The standard InChI is InChI=1S/C17H9FN2O3/c18-12-7-5-10(6-8-12)15-19-16(23-20-15)13-9-11-3-1-2-4-14(11)22-17(13)21/h1-9H. The molecule has 4 rings (SSSR count). The van der Waals surface area contributed by atoms with Gasteiger partial charge in [0.05, 0.1) is 0 Å². The Morgan fingerprint density at radius 1 is 1.00 bits per heavy atom. The molecule has 4 aromatic rings. The first kappa shape index (κ1) is 13.4. The van der Waals surface area contributed by atoms with Gasteiger partial charge < -0.3 is 8.94 Å². The molecule has 0 unspecified atom stereocenters. The molecule has 0 fully saturated rings. The van der Waals surface area contributed by atoms with Crippen LogP contribution >= 0.6 is 0 Å². The van der Waals surface area contributed by atoms with Crippen LogP contribution in [0, 0.1) is 5.82 Å². The molecule has 0 atom stereocenters. The average molecular weight is 308 g/mol. The van der Waals surface area contributed by atoms with Gasteiger partial charge in [0.2, 0.25) is 5.82 Å². The maximum absolute atomic E-state index is 13.0. The molecule has 6 heteroatoms. The summed E-state index contributed by atoms with van der Waals surface area (Å²) in [7, 11) is 0. The largest absolute Gasteiger partial charge is 0.422 e. The van der Waals surface area contributed by atoms with Crippen molar-refractivity contribution in [2.45, 2.75) is 0 Å². The van der Waals surface area contributed by atoms with Gasteiger partial charge in [0.25, 0.3) is 5.89 Å². The minimum Gasteiger partial charge on any atom is -0.422 e. The zero-order chi connectivity index (χ0) is 15.8. The molecule has 0 aliphatic carbocycles. The zero-order valence-corrected chi connectivity index (χ0v) is 11.7. The van der Waals surface area contributed by atoms with Crippen molar-refractivity contribution < 1.29 is 13.3 Å². The Bertz CT molecular complexity index is 1050. The molecule has 0 aliphatic heterocycles. The highest BCUT2D eigenvalue weighted by atomic mass is 19.1. The summed E-state index contributed by atoms with van der Waals surface area (Å²) in [6.07, 6.45) is 0. The molecule has 0 N–H and O–H groups in total. The Labute approximate surface area is 129 Å². The highest BCUT2D eigenvalue weighted by molar-refractivity contribution is 5.80. The van der Waals surface area contributed by atoms with E-state index in [1.807, 2.05) is 12.1 Å². The van der Waals surface area contributed by atoms with Gasteiger partial charge in [-0.1, -0.05) is 23.4 Å². The van der Waals surface area contributed by atoms with Gasteiger partial charge in [-0.25, -0.2) is 9.18 Å². The van der Waals surface area contributed by atoms with Crippen LogP contribution < -0.4 is 5.63 Å². The van der Waals surface area contributed by atoms with Gasteiger partial charge in [-0.2, -0.15) is 4.98 Å². The summed E-state index contributed by atoms with van der Waals surface area (Å²) in [5.41, 5.74) is 0.702. The van der Waals surface area contributed by atoms with Crippen molar-refractivity contribution in [3.63, 3.8) is 0 Å². The first-order valence-electron chi connectivity index (χ1n) is 6.83. The lowest BCUT2D eigenvalue weighted by atomic mass is 10.2. The number of nitrogens with zero attached hydrogens (tertiary/aromatic N) is 2. The minimum atomic E-state index is -0.557. The third-order valence-electron chi connectivity index (χ3n) is 3.40. The third kappa shape index (κ3) is 2.40. The molecule has 5 nitrogen and oxygen atoms in total. The fourth-order valence-electron chi connectivity index (χ4n) is 2.26. The highest BCUT2D eigenvalue weighted by Gasteiger charge is 2.16. The molecule has 23 heavy (non-hydrogen) atoms. The van der Waals surface area contributed by atoms with Crippen LogP contribution in [0.4, 0.5) is 4.39 Å². The minimum absolute atomic E-state index is 0.0591. The van der Waals surface area contributed by atoms with E-state index in [4.69, 9.17) is 8.94 Å². The van der Waals surface area contributed by atoms with E-state index in [0.717, 1.165) is 5.39 Å². The van der Waals surface area contributed by atoms with Gasteiger partial charge in [-0.05, 0) is 36.4 Å². The van der Waals surface area contributed by atoms with Gasteiger partial charge in [0.1, 0.15) is 17.0 Å². The average Bonchev–Trinajstić information content (AvgIpc) is 3.04. The number of aromatic nitrogens is 2. The number of fused-ring (bicyclic) bond motifs is 1. The molecule has 2 heterocycles. The van der Waals surface area contributed by atoms with E-state index in [-0.39, 0.29) is 23.1 Å². The van der Waals surface area contributed by atoms with Gasteiger partial charge in [-0.15, -0.1) is 0 Å². The lowest BCUT2D eigenvalue weighted by Crippen LogP contribution is -2.02. The summed E-state index contributed by atoms with van der Waals surface area (Å²) in [4.78, 5) is 16.3. The summed E-state index contributed by atoms with van der Waals surface area (Å²) in [5, 5.41) is 4.58. The van der Waals surface area contributed by atoms with E-state index < -0.39 is 5.63 Å². The maximum atomic E-state index is 13.0. The quantitative estimate of drug-likeness (QED) is 0.529. The molecule has 112 valence electrons. The van der Waals surface area contributed by atoms with E-state index in [0.29, 0.717) is 11.1 Å². The van der Waals surface area contributed by atoms with Crippen LogP contribution in [-0.4, -0.2) is 10.1 Å². The van der Waals surface area contributed by atoms with Crippen molar-refractivity contribution in [3.8, 4) is 22.8 Å². The Kier molecular flexibility index (Phi) is 3.01. The molecular formula is C17H9FN2O3. The van der Waals surface area contributed by atoms with Crippen molar-refractivity contribution in [3.05, 3.63) is 70.8 Å². The van der Waals surface area contributed by atoms with E-state index in [2.05, 4.69) is 10.1 Å². The van der Waals surface area contributed by atoms with Crippen LogP contribution in [0.3, 0.4) is 0 Å². The van der Waals surface area contributed by atoms with Gasteiger partial charge in [0, 0.05) is 10.9 Å². The highest BCUT2D eigenvalue weighted by Crippen LogP contribution is 2.23. The lowest BCUT2D eigenvalue weighted by molar-refractivity contribution is 0.429. The van der Waals surface area contributed by atoms with E-state index in [1.165, 1.54) is 24.3 Å². The van der Waals surface area contributed by atoms with Crippen molar-refractivity contribution in [1.82, 2.24) is 10.1 Å². The number of hydrogen-bond acceptors (Lipinski definition) is 5. The number of para-hydroxylation sites is 1. The second kappa shape index (κ2) is 5.17. The van der Waals surface area contributed by atoms with Gasteiger partial charge in [0.15, 0.2) is 0 Å². The first-order valence-corrected chi connectivity index (χ1v) is 6.83. The van der Waals surface area contributed by atoms with Crippen LogP contribution in [0.25, 0.3) is 33.8 Å². The summed E-state index contributed by atoms with van der Waals surface area (Å²) in [6, 6.07) is 14.5. The summed E-state index contributed by atoms with van der Waals surface area (Å²) in [5.74, 6) is -0.0240. The molecule has 2 aromatic heterocycles. The van der Waals surface area contributed by atoms with E-state index >= 15 is 0 Å². The fourth-order valence-corrected chi connectivity index (χ4v) is 2.26. The SMILES string of the molecule is O=c1oc2ccccc2cc1-c1nc(-c2ccc(F)cc2)no1. The topological polar surface area (TPSA) is 69.1 Å². The molecule has 0 radical (unpaired) electrons. The lowest BCUT2D eigenvalue weighted by Gasteiger charge is -1.97. The number of rotatable bonds is 2. The van der Waals surface area contributed by atoms with Crippen LogP contribution in [0.1, 0.15) is 0 Å². The predicted octanol–water partition coefficient (Wildman–Crippen LogP) is 3.65. The molecule has 2 aromatic carbocycles. The Morgan fingerprint density at radius 3 is 2.61 bits per heavy atom. The van der Waals surface area contributed by atoms with Crippen LogP contribution in [0.2, 0.25) is 0 Å². The smallest absolute Gasteiger partial charge is 0.349 e. The molecule has 0 saturated heterocycles. The number of hydrogen-bond donors (Lipinski definition) is 0. The summed E-state index contributed by atoms with van der Waals surface area (Å²) >= 11 is 0. The van der Waals surface area contributed by atoms with Gasteiger partial charge in [-0.3, -0.25) is 0 Å². The van der Waals surface area contributed by atoms with Gasteiger partial charge >= 0.3 is 5.63 Å². The normalized spacial score (nSPS) is 11.0. The molecule has 0 amide bonds. The van der Waals surface area contributed by atoms with Crippen molar-refractivity contribution in [2.24, 2.45) is 0 Å². The van der Waals surface area contributed by atoms with Crippen molar-refractivity contribution >= 4 is 11.0 Å². The second-order valence-electron chi connectivity index (χ2n) is 4.92. The van der Waals surface area contributed by atoms with Crippen molar-refractivity contribution in [1.29, 1.82) is 0 Å². The number of benzene rings is 2. The monoisotopic (exact) mass is 308 g/mol. The summed E-state index contributed by atoms with van der Waals surface area (Å²) < 4.78 is 23.4. The Balaban J connectivity index is 1.81. The van der Waals surface area contributed by atoms with Crippen LogP contribution in [0.5, 0.6) is 0 Å². The second-order valence-corrected chi connectivity index (χ2v) is 4.92. The first-order chi connectivity index (χ1) is 11.2. The predicted molar refractivity (Wildman–Crippen MR) is 81.2 cm³/mol. The molecule has 0 aliphatic rings. The van der Waals surface area contributed by atoms with Crippen LogP contribution in [0.15, 0.2) is 68.3 Å². The van der Waals surface area contributed by atoms with E-state index in [1.54, 1.807) is 18.2 Å². The molecular weight excluding hydrogens is 299 g/mol. The summed E-state index contributed by atoms with van der Waals surface area (Å²) in [6.45, 7) is 0. The Hall–Kier alpha value is -3.28. The third-order valence-corrected chi connectivity index (χ3v) is 3.40.